The average Bonchev–Trinajstić information content (AvgIpc) is 3.11. The van der Waals surface area contributed by atoms with Crippen LogP contribution >= 0.6 is 22.9 Å². The van der Waals surface area contributed by atoms with Crippen LogP contribution in [0.15, 0.2) is 58.9 Å². The molecule has 7 nitrogen and oxygen atoms in total. The summed E-state index contributed by atoms with van der Waals surface area (Å²) >= 11 is 6.76. The van der Waals surface area contributed by atoms with E-state index >= 15 is 0 Å². The molecule has 1 amide bonds. The Bertz CT molecular complexity index is 1100. The molecule has 3 aromatic rings. The fourth-order valence-electron chi connectivity index (χ4n) is 2.29. The number of pyridine rings is 1. The first-order valence-corrected chi connectivity index (χ1v) is 11.2. The van der Waals surface area contributed by atoms with Gasteiger partial charge in [0.15, 0.2) is 0 Å². The number of hydrogen-bond donors (Lipinski definition) is 2. The topological polar surface area (TPSA) is 97.4 Å². The normalized spacial score (nSPS) is 11.3. The standard InChI is InChI=1S/C19H18ClN3O4S2/c1-12(2)22-19(24)13-3-6-15(7-4-13)27-17-9-5-14(11-21-17)23-29(25,26)18-10-8-16(20)28-18/h3-12,23H,1-2H3,(H,22,24). The lowest BCUT2D eigenvalue weighted by atomic mass is 10.2. The van der Waals surface area contributed by atoms with E-state index < -0.39 is 10.0 Å². The first-order chi connectivity index (χ1) is 13.7. The van der Waals surface area contributed by atoms with Crippen LogP contribution in [0.25, 0.3) is 0 Å². The number of ether oxygens (including phenoxy) is 1. The molecular formula is C19H18ClN3O4S2. The molecule has 0 aliphatic carbocycles. The zero-order valence-electron chi connectivity index (χ0n) is 15.5. The molecule has 0 unspecified atom stereocenters. The van der Waals surface area contributed by atoms with Crippen molar-refractivity contribution < 1.29 is 17.9 Å². The highest BCUT2D eigenvalue weighted by molar-refractivity contribution is 7.94. The summed E-state index contributed by atoms with van der Waals surface area (Å²) in [7, 11) is -3.72. The third kappa shape index (κ3) is 5.69. The van der Waals surface area contributed by atoms with Gasteiger partial charge in [-0.05, 0) is 56.3 Å². The summed E-state index contributed by atoms with van der Waals surface area (Å²) in [5.74, 6) is 0.625. The molecule has 0 saturated heterocycles. The van der Waals surface area contributed by atoms with E-state index in [4.69, 9.17) is 16.3 Å². The van der Waals surface area contributed by atoms with Crippen LogP contribution in [0, 0.1) is 0 Å². The van der Waals surface area contributed by atoms with Gasteiger partial charge in [0, 0.05) is 17.7 Å². The first kappa shape index (κ1) is 21.1. The van der Waals surface area contributed by atoms with Gasteiger partial charge < -0.3 is 10.1 Å². The number of amides is 1. The number of rotatable bonds is 7. The van der Waals surface area contributed by atoms with Crippen molar-refractivity contribution in [1.82, 2.24) is 10.3 Å². The Kier molecular flexibility index (Phi) is 6.41. The van der Waals surface area contributed by atoms with Crippen molar-refractivity contribution in [2.45, 2.75) is 24.1 Å². The Morgan fingerprint density at radius 3 is 2.38 bits per heavy atom. The smallest absolute Gasteiger partial charge is 0.271 e. The van der Waals surface area contributed by atoms with Crippen LogP contribution in [0.5, 0.6) is 11.6 Å². The molecule has 0 radical (unpaired) electrons. The third-order valence-electron chi connectivity index (χ3n) is 3.56. The minimum absolute atomic E-state index is 0.0513. The number of hydrogen-bond acceptors (Lipinski definition) is 6. The Balaban J connectivity index is 1.64. The third-order valence-corrected chi connectivity index (χ3v) is 6.66. The highest BCUT2D eigenvalue weighted by Crippen LogP contribution is 2.27. The molecule has 0 aliphatic rings. The second-order valence-corrected chi connectivity index (χ2v) is 9.93. The van der Waals surface area contributed by atoms with E-state index in [1.165, 1.54) is 18.3 Å². The van der Waals surface area contributed by atoms with Crippen molar-refractivity contribution >= 4 is 44.6 Å². The van der Waals surface area contributed by atoms with E-state index in [9.17, 15) is 13.2 Å². The minimum atomic E-state index is -3.72. The summed E-state index contributed by atoms with van der Waals surface area (Å²) < 4.78 is 33.2. The number of carbonyl (C=O) groups is 1. The summed E-state index contributed by atoms with van der Waals surface area (Å²) in [5, 5.41) is 2.81. The Hall–Kier alpha value is -2.62. The van der Waals surface area contributed by atoms with E-state index in [1.807, 2.05) is 13.8 Å². The predicted octanol–water partition coefficient (Wildman–Crippen LogP) is 4.53. The Labute approximate surface area is 177 Å². The van der Waals surface area contributed by atoms with Crippen molar-refractivity contribution in [3.63, 3.8) is 0 Å². The number of nitrogens with zero attached hydrogens (tertiary/aromatic N) is 1. The molecule has 10 heteroatoms. The SMILES string of the molecule is CC(C)NC(=O)c1ccc(Oc2ccc(NS(=O)(=O)c3ccc(Cl)s3)cn2)cc1. The summed E-state index contributed by atoms with van der Waals surface area (Å²) in [4.78, 5) is 16.1. The number of thiophene rings is 1. The van der Waals surface area contributed by atoms with E-state index in [2.05, 4.69) is 15.0 Å². The monoisotopic (exact) mass is 451 g/mol. The predicted molar refractivity (Wildman–Crippen MR) is 113 cm³/mol. The van der Waals surface area contributed by atoms with Gasteiger partial charge in [-0.25, -0.2) is 13.4 Å². The maximum atomic E-state index is 12.3. The van der Waals surface area contributed by atoms with Gasteiger partial charge in [-0.3, -0.25) is 9.52 Å². The lowest BCUT2D eigenvalue weighted by Gasteiger charge is -2.10. The van der Waals surface area contributed by atoms with Gasteiger partial charge in [0.25, 0.3) is 15.9 Å². The maximum Gasteiger partial charge on any atom is 0.271 e. The quantitative estimate of drug-likeness (QED) is 0.550. The summed E-state index contributed by atoms with van der Waals surface area (Å²) in [6.45, 7) is 3.78. The van der Waals surface area contributed by atoms with Crippen LogP contribution in [0.4, 0.5) is 5.69 Å². The number of benzene rings is 1. The van der Waals surface area contributed by atoms with Crippen LogP contribution in [-0.2, 0) is 10.0 Å². The number of anilines is 1. The number of aromatic nitrogens is 1. The van der Waals surface area contributed by atoms with E-state index in [1.54, 1.807) is 36.4 Å². The molecule has 0 aliphatic heterocycles. The van der Waals surface area contributed by atoms with Crippen molar-refractivity contribution in [2.24, 2.45) is 0 Å². The summed E-state index contributed by atoms with van der Waals surface area (Å²) in [6, 6.07) is 12.7. The van der Waals surface area contributed by atoms with Gasteiger partial charge >= 0.3 is 0 Å². The van der Waals surface area contributed by atoms with Gasteiger partial charge in [-0.2, -0.15) is 0 Å². The highest BCUT2D eigenvalue weighted by Gasteiger charge is 2.17. The van der Waals surface area contributed by atoms with E-state index in [0.717, 1.165) is 11.3 Å². The number of carbonyl (C=O) groups excluding carboxylic acids is 1. The highest BCUT2D eigenvalue weighted by atomic mass is 35.5. The van der Waals surface area contributed by atoms with Crippen LogP contribution in [-0.4, -0.2) is 25.4 Å². The molecule has 0 spiro atoms. The zero-order valence-corrected chi connectivity index (χ0v) is 17.9. The first-order valence-electron chi connectivity index (χ1n) is 8.56. The van der Waals surface area contributed by atoms with Gasteiger partial charge in [-0.1, -0.05) is 11.6 Å². The number of sulfonamides is 1. The van der Waals surface area contributed by atoms with Crippen LogP contribution in [0.2, 0.25) is 4.34 Å². The number of nitrogens with one attached hydrogen (secondary N) is 2. The Morgan fingerprint density at radius 1 is 1.10 bits per heavy atom. The molecule has 0 fully saturated rings. The molecule has 29 heavy (non-hydrogen) atoms. The van der Waals surface area contributed by atoms with Gasteiger partial charge in [0.1, 0.15) is 9.96 Å². The fourth-order valence-corrected chi connectivity index (χ4v) is 4.82. The molecule has 0 atom stereocenters. The van der Waals surface area contributed by atoms with Crippen LogP contribution < -0.4 is 14.8 Å². The molecular weight excluding hydrogens is 434 g/mol. The minimum Gasteiger partial charge on any atom is -0.439 e. The second-order valence-electron chi connectivity index (χ2n) is 6.30. The molecule has 2 aromatic heterocycles. The van der Waals surface area contributed by atoms with E-state index in [0.29, 0.717) is 21.3 Å². The van der Waals surface area contributed by atoms with Crippen LogP contribution in [0.3, 0.4) is 0 Å². The lowest BCUT2D eigenvalue weighted by Crippen LogP contribution is -2.29. The molecule has 152 valence electrons. The Morgan fingerprint density at radius 2 is 1.83 bits per heavy atom. The number of halogens is 1. The molecule has 0 saturated carbocycles. The summed E-state index contributed by atoms with van der Waals surface area (Å²) in [5.41, 5.74) is 0.819. The van der Waals surface area contributed by atoms with Crippen molar-refractivity contribution in [1.29, 1.82) is 0 Å². The molecule has 1 aromatic carbocycles. The van der Waals surface area contributed by atoms with Crippen molar-refractivity contribution in [3.05, 3.63) is 64.6 Å². The van der Waals surface area contributed by atoms with Crippen molar-refractivity contribution in [2.75, 3.05) is 4.72 Å². The molecule has 2 N–H and O–H groups in total. The van der Waals surface area contributed by atoms with Gasteiger partial charge in [0.2, 0.25) is 5.88 Å². The van der Waals surface area contributed by atoms with Crippen LogP contribution in [0.1, 0.15) is 24.2 Å². The molecule has 0 bridgehead atoms. The maximum absolute atomic E-state index is 12.3. The summed E-state index contributed by atoms with van der Waals surface area (Å²) in [6.07, 6.45) is 1.35. The van der Waals surface area contributed by atoms with E-state index in [-0.39, 0.29) is 22.0 Å². The van der Waals surface area contributed by atoms with Crippen molar-refractivity contribution in [3.8, 4) is 11.6 Å². The lowest BCUT2D eigenvalue weighted by molar-refractivity contribution is 0.0943. The second kappa shape index (κ2) is 8.81. The zero-order chi connectivity index (χ0) is 21.0. The average molecular weight is 452 g/mol. The molecule has 2 heterocycles. The fraction of sp³-hybridized carbons (Fsp3) is 0.158. The van der Waals surface area contributed by atoms with Gasteiger partial charge in [0.05, 0.1) is 16.2 Å². The van der Waals surface area contributed by atoms with Gasteiger partial charge in [-0.15, -0.1) is 11.3 Å². The largest absolute Gasteiger partial charge is 0.439 e. The molecule has 3 rings (SSSR count).